The fourth-order valence-corrected chi connectivity index (χ4v) is 3.25. The first kappa shape index (κ1) is 17.2. The maximum absolute atomic E-state index is 12.2. The van der Waals surface area contributed by atoms with E-state index in [4.69, 9.17) is 0 Å². The van der Waals surface area contributed by atoms with Crippen molar-refractivity contribution in [1.82, 2.24) is 4.90 Å². The van der Waals surface area contributed by atoms with Crippen LogP contribution in [0.1, 0.15) is 68.3 Å². The topological polar surface area (TPSA) is 20.3 Å². The molecule has 0 bridgehead atoms. The van der Waals surface area contributed by atoms with Crippen molar-refractivity contribution in [2.75, 3.05) is 19.6 Å². The van der Waals surface area contributed by atoms with Crippen LogP contribution in [0.4, 0.5) is 0 Å². The number of unbranched alkanes of at least 4 members (excludes halogenated alkanes) is 1. The van der Waals surface area contributed by atoms with Crippen LogP contribution in [0.3, 0.4) is 0 Å². The SMILES string of the molecule is CC(C)Cc1ccc(C(=O)CCCCN2CCCCC2)cc1. The van der Waals surface area contributed by atoms with Gasteiger partial charge in [-0.2, -0.15) is 0 Å². The number of hydrogen-bond donors (Lipinski definition) is 0. The lowest BCUT2D eigenvalue weighted by Gasteiger charge is -2.26. The molecule has 22 heavy (non-hydrogen) atoms. The molecule has 0 aromatic heterocycles. The van der Waals surface area contributed by atoms with Gasteiger partial charge >= 0.3 is 0 Å². The van der Waals surface area contributed by atoms with Gasteiger partial charge in [-0.05, 0) is 63.2 Å². The van der Waals surface area contributed by atoms with Crippen molar-refractivity contribution in [3.05, 3.63) is 35.4 Å². The molecule has 2 nitrogen and oxygen atoms in total. The Bertz CT molecular complexity index is 443. The average Bonchev–Trinajstić information content (AvgIpc) is 2.52. The minimum absolute atomic E-state index is 0.301. The molecule has 1 aromatic rings. The molecule has 0 N–H and O–H groups in total. The molecule has 1 aliphatic rings. The quantitative estimate of drug-likeness (QED) is 0.511. The molecular weight excluding hydrogens is 270 g/mol. The van der Waals surface area contributed by atoms with Crippen LogP contribution in [0.5, 0.6) is 0 Å². The average molecular weight is 301 g/mol. The molecule has 0 amide bonds. The zero-order valence-corrected chi connectivity index (χ0v) is 14.3. The van der Waals surface area contributed by atoms with E-state index in [0.717, 1.165) is 24.8 Å². The van der Waals surface area contributed by atoms with Gasteiger partial charge in [-0.25, -0.2) is 0 Å². The van der Waals surface area contributed by atoms with Crippen molar-refractivity contribution >= 4 is 5.78 Å². The summed E-state index contributed by atoms with van der Waals surface area (Å²) in [6.45, 7) is 8.12. The summed E-state index contributed by atoms with van der Waals surface area (Å²) in [4.78, 5) is 14.8. The van der Waals surface area contributed by atoms with Crippen LogP contribution in [0.25, 0.3) is 0 Å². The number of ketones is 1. The second-order valence-corrected chi connectivity index (χ2v) is 7.08. The van der Waals surface area contributed by atoms with Crippen molar-refractivity contribution in [3.8, 4) is 0 Å². The highest BCUT2D eigenvalue weighted by molar-refractivity contribution is 5.96. The molecule has 0 unspecified atom stereocenters. The Morgan fingerprint density at radius 3 is 2.36 bits per heavy atom. The number of hydrogen-bond acceptors (Lipinski definition) is 2. The molecule has 0 radical (unpaired) electrons. The minimum Gasteiger partial charge on any atom is -0.303 e. The zero-order valence-electron chi connectivity index (χ0n) is 14.3. The number of piperidine rings is 1. The van der Waals surface area contributed by atoms with Crippen molar-refractivity contribution in [2.24, 2.45) is 5.92 Å². The monoisotopic (exact) mass is 301 g/mol. The van der Waals surface area contributed by atoms with Gasteiger partial charge in [-0.1, -0.05) is 44.5 Å². The second kappa shape index (κ2) is 9.09. The van der Waals surface area contributed by atoms with Crippen LogP contribution in [-0.2, 0) is 6.42 Å². The largest absolute Gasteiger partial charge is 0.303 e. The highest BCUT2D eigenvalue weighted by Crippen LogP contribution is 2.13. The van der Waals surface area contributed by atoms with Gasteiger partial charge in [-0.15, -0.1) is 0 Å². The molecule has 2 heteroatoms. The highest BCUT2D eigenvalue weighted by atomic mass is 16.1. The molecule has 1 saturated heterocycles. The van der Waals surface area contributed by atoms with E-state index in [9.17, 15) is 4.79 Å². The third-order valence-corrected chi connectivity index (χ3v) is 4.50. The Hall–Kier alpha value is -1.15. The van der Waals surface area contributed by atoms with E-state index in [1.807, 2.05) is 12.1 Å². The Morgan fingerprint density at radius 1 is 1.05 bits per heavy atom. The summed E-state index contributed by atoms with van der Waals surface area (Å²) < 4.78 is 0. The number of benzene rings is 1. The van der Waals surface area contributed by atoms with Gasteiger partial charge in [0.05, 0.1) is 0 Å². The van der Waals surface area contributed by atoms with Gasteiger partial charge in [0, 0.05) is 12.0 Å². The van der Waals surface area contributed by atoms with E-state index >= 15 is 0 Å². The standard InChI is InChI=1S/C20H31NO/c1-17(2)16-18-9-11-19(12-10-18)20(22)8-4-7-15-21-13-5-3-6-14-21/h9-12,17H,3-8,13-16H2,1-2H3. The summed E-state index contributed by atoms with van der Waals surface area (Å²) >= 11 is 0. The van der Waals surface area contributed by atoms with Crippen LogP contribution in [0, 0.1) is 5.92 Å². The van der Waals surface area contributed by atoms with Crippen LogP contribution in [0.15, 0.2) is 24.3 Å². The molecule has 0 atom stereocenters. The first-order valence-electron chi connectivity index (χ1n) is 8.99. The fraction of sp³-hybridized carbons (Fsp3) is 0.650. The molecule has 0 saturated carbocycles. The van der Waals surface area contributed by atoms with Gasteiger partial charge in [0.15, 0.2) is 5.78 Å². The Labute approximate surface area is 135 Å². The third-order valence-electron chi connectivity index (χ3n) is 4.50. The van der Waals surface area contributed by atoms with Crippen molar-refractivity contribution in [3.63, 3.8) is 0 Å². The number of nitrogens with zero attached hydrogens (tertiary/aromatic N) is 1. The molecule has 2 rings (SSSR count). The predicted octanol–water partition coefficient (Wildman–Crippen LogP) is 4.72. The Balaban J connectivity index is 1.68. The van der Waals surface area contributed by atoms with Crippen molar-refractivity contribution in [1.29, 1.82) is 0 Å². The van der Waals surface area contributed by atoms with E-state index in [1.165, 1.54) is 44.5 Å². The van der Waals surface area contributed by atoms with E-state index in [2.05, 4.69) is 30.9 Å². The summed E-state index contributed by atoms with van der Waals surface area (Å²) in [5, 5.41) is 0. The normalized spacial score (nSPS) is 16.1. The Kier molecular flexibility index (Phi) is 7.11. The fourth-order valence-electron chi connectivity index (χ4n) is 3.25. The van der Waals surface area contributed by atoms with Crippen LogP contribution < -0.4 is 0 Å². The molecule has 1 fully saturated rings. The second-order valence-electron chi connectivity index (χ2n) is 7.08. The number of carbonyl (C=O) groups is 1. The lowest BCUT2D eigenvalue weighted by atomic mass is 9.99. The van der Waals surface area contributed by atoms with E-state index in [1.54, 1.807) is 0 Å². The van der Waals surface area contributed by atoms with Gasteiger partial charge in [-0.3, -0.25) is 4.79 Å². The Morgan fingerprint density at radius 2 is 1.73 bits per heavy atom. The summed E-state index contributed by atoms with van der Waals surface area (Å²) in [6.07, 6.45) is 8.03. The van der Waals surface area contributed by atoms with E-state index in [0.29, 0.717) is 18.1 Å². The molecule has 122 valence electrons. The van der Waals surface area contributed by atoms with Crippen molar-refractivity contribution in [2.45, 2.75) is 58.8 Å². The molecule has 0 aliphatic carbocycles. The van der Waals surface area contributed by atoms with E-state index < -0.39 is 0 Å². The number of carbonyl (C=O) groups excluding carboxylic acids is 1. The summed E-state index contributed by atoms with van der Waals surface area (Å²) in [5.41, 5.74) is 2.21. The first-order chi connectivity index (χ1) is 10.6. The highest BCUT2D eigenvalue weighted by Gasteiger charge is 2.10. The van der Waals surface area contributed by atoms with Crippen LogP contribution in [-0.4, -0.2) is 30.3 Å². The summed E-state index contributed by atoms with van der Waals surface area (Å²) in [5.74, 6) is 0.964. The van der Waals surface area contributed by atoms with Gasteiger partial charge in [0.2, 0.25) is 0 Å². The smallest absolute Gasteiger partial charge is 0.162 e. The van der Waals surface area contributed by atoms with Gasteiger partial charge < -0.3 is 4.90 Å². The zero-order chi connectivity index (χ0) is 15.8. The number of Topliss-reactive ketones (excluding diaryl/α,β-unsaturated/α-hetero) is 1. The van der Waals surface area contributed by atoms with Gasteiger partial charge in [0.1, 0.15) is 0 Å². The van der Waals surface area contributed by atoms with Crippen LogP contribution >= 0.6 is 0 Å². The third kappa shape index (κ3) is 5.92. The lowest BCUT2D eigenvalue weighted by molar-refractivity contribution is 0.0977. The molecular formula is C20H31NO. The van der Waals surface area contributed by atoms with Crippen LogP contribution in [0.2, 0.25) is 0 Å². The van der Waals surface area contributed by atoms with Gasteiger partial charge in [0.25, 0.3) is 0 Å². The lowest BCUT2D eigenvalue weighted by Crippen LogP contribution is -2.30. The predicted molar refractivity (Wildman–Crippen MR) is 93.5 cm³/mol. The summed E-state index contributed by atoms with van der Waals surface area (Å²) in [6, 6.07) is 8.23. The van der Waals surface area contributed by atoms with Crippen molar-refractivity contribution < 1.29 is 4.79 Å². The van der Waals surface area contributed by atoms with E-state index in [-0.39, 0.29) is 0 Å². The molecule has 1 heterocycles. The number of likely N-dealkylation sites (tertiary alicyclic amines) is 1. The molecule has 0 spiro atoms. The molecule has 1 aliphatic heterocycles. The summed E-state index contributed by atoms with van der Waals surface area (Å²) in [7, 11) is 0. The maximum atomic E-state index is 12.2. The minimum atomic E-state index is 0.301. The molecule has 1 aromatic carbocycles. The number of rotatable bonds is 8. The first-order valence-corrected chi connectivity index (χ1v) is 8.99. The maximum Gasteiger partial charge on any atom is 0.162 e.